The average molecular weight is 204 g/mol. The SMILES string of the molecule is Cc1ccc(N(C)C(=O)C2(N)CC2)cc1. The van der Waals surface area contributed by atoms with Gasteiger partial charge < -0.3 is 10.6 Å². The molecule has 2 N–H and O–H groups in total. The van der Waals surface area contributed by atoms with E-state index in [9.17, 15) is 4.79 Å². The van der Waals surface area contributed by atoms with Crippen LogP contribution in [0, 0.1) is 6.92 Å². The molecule has 0 radical (unpaired) electrons. The number of hydrogen-bond acceptors (Lipinski definition) is 2. The number of hydrogen-bond donors (Lipinski definition) is 1. The molecule has 15 heavy (non-hydrogen) atoms. The van der Waals surface area contributed by atoms with Crippen molar-refractivity contribution in [3.05, 3.63) is 29.8 Å². The van der Waals surface area contributed by atoms with Crippen LogP contribution in [0.3, 0.4) is 0 Å². The normalized spacial score (nSPS) is 17.3. The largest absolute Gasteiger partial charge is 0.317 e. The molecule has 1 aromatic rings. The van der Waals surface area contributed by atoms with Gasteiger partial charge in [-0.1, -0.05) is 17.7 Å². The Balaban J connectivity index is 2.17. The number of carbonyl (C=O) groups excluding carboxylic acids is 1. The molecule has 3 nitrogen and oxygen atoms in total. The van der Waals surface area contributed by atoms with Crippen LogP contribution in [0.5, 0.6) is 0 Å². The van der Waals surface area contributed by atoms with Crippen molar-refractivity contribution >= 4 is 11.6 Å². The summed E-state index contributed by atoms with van der Waals surface area (Å²) in [6.07, 6.45) is 1.62. The maximum atomic E-state index is 11.9. The van der Waals surface area contributed by atoms with Crippen molar-refractivity contribution in [1.82, 2.24) is 0 Å². The Morgan fingerprint density at radius 1 is 1.33 bits per heavy atom. The number of nitrogens with zero attached hydrogens (tertiary/aromatic N) is 1. The lowest BCUT2D eigenvalue weighted by molar-refractivity contribution is -0.120. The highest BCUT2D eigenvalue weighted by Gasteiger charge is 2.47. The summed E-state index contributed by atoms with van der Waals surface area (Å²) in [4.78, 5) is 13.6. The number of anilines is 1. The Kier molecular flexibility index (Phi) is 2.27. The lowest BCUT2D eigenvalue weighted by Crippen LogP contribution is -2.43. The Labute approximate surface area is 89.9 Å². The third kappa shape index (κ3) is 1.88. The minimum Gasteiger partial charge on any atom is -0.317 e. The van der Waals surface area contributed by atoms with Crippen LogP contribution in [0.1, 0.15) is 18.4 Å². The summed E-state index contributed by atoms with van der Waals surface area (Å²) in [6, 6.07) is 7.88. The first kappa shape index (κ1) is 10.2. The zero-order valence-corrected chi connectivity index (χ0v) is 9.16. The molecule has 0 bridgehead atoms. The van der Waals surface area contributed by atoms with Crippen LogP contribution < -0.4 is 10.6 Å². The summed E-state index contributed by atoms with van der Waals surface area (Å²) in [5, 5.41) is 0. The minimum absolute atomic E-state index is 0.0198. The topological polar surface area (TPSA) is 46.3 Å². The maximum absolute atomic E-state index is 11.9. The van der Waals surface area contributed by atoms with Crippen molar-refractivity contribution in [2.75, 3.05) is 11.9 Å². The number of aryl methyl sites for hydroxylation is 1. The van der Waals surface area contributed by atoms with Crippen LogP contribution in [0.15, 0.2) is 24.3 Å². The number of carbonyl (C=O) groups is 1. The monoisotopic (exact) mass is 204 g/mol. The Morgan fingerprint density at radius 3 is 2.33 bits per heavy atom. The van der Waals surface area contributed by atoms with E-state index in [1.807, 2.05) is 31.2 Å². The summed E-state index contributed by atoms with van der Waals surface area (Å²) in [7, 11) is 1.78. The quantitative estimate of drug-likeness (QED) is 0.792. The van der Waals surface area contributed by atoms with Gasteiger partial charge in [0.2, 0.25) is 5.91 Å². The molecule has 1 amide bonds. The van der Waals surface area contributed by atoms with Crippen LogP contribution >= 0.6 is 0 Å². The van der Waals surface area contributed by atoms with Crippen LogP contribution in [-0.2, 0) is 4.79 Å². The number of nitrogens with two attached hydrogens (primary N) is 1. The van der Waals surface area contributed by atoms with Crippen molar-refractivity contribution in [1.29, 1.82) is 0 Å². The molecule has 1 aromatic carbocycles. The molecule has 0 atom stereocenters. The molecule has 2 rings (SSSR count). The molecule has 1 fully saturated rings. The van der Waals surface area contributed by atoms with E-state index in [0.29, 0.717) is 0 Å². The van der Waals surface area contributed by atoms with Gasteiger partial charge >= 0.3 is 0 Å². The fraction of sp³-hybridized carbons (Fsp3) is 0.417. The average Bonchev–Trinajstić information content (AvgIpc) is 2.97. The molecule has 1 aliphatic carbocycles. The molecule has 0 aliphatic heterocycles. The number of benzene rings is 1. The molecule has 80 valence electrons. The molecule has 0 aromatic heterocycles. The minimum atomic E-state index is -0.584. The van der Waals surface area contributed by atoms with Gasteiger partial charge in [-0.25, -0.2) is 0 Å². The van der Waals surface area contributed by atoms with Gasteiger partial charge in [-0.3, -0.25) is 4.79 Å². The highest BCUT2D eigenvalue weighted by atomic mass is 16.2. The Bertz CT molecular complexity index is 379. The summed E-state index contributed by atoms with van der Waals surface area (Å²) in [5.41, 5.74) is 7.38. The molecule has 0 saturated heterocycles. The fourth-order valence-electron chi connectivity index (χ4n) is 1.57. The fourth-order valence-corrected chi connectivity index (χ4v) is 1.57. The van der Waals surface area contributed by atoms with Crippen molar-refractivity contribution in [2.45, 2.75) is 25.3 Å². The van der Waals surface area contributed by atoms with E-state index in [2.05, 4.69) is 0 Å². The lowest BCUT2D eigenvalue weighted by atomic mass is 10.2. The summed E-state index contributed by atoms with van der Waals surface area (Å²) >= 11 is 0. The first-order valence-electron chi connectivity index (χ1n) is 5.17. The van der Waals surface area contributed by atoms with Crippen molar-refractivity contribution in [3.63, 3.8) is 0 Å². The van der Waals surface area contributed by atoms with E-state index in [0.717, 1.165) is 18.5 Å². The Morgan fingerprint density at radius 2 is 1.87 bits per heavy atom. The van der Waals surface area contributed by atoms with Crippen LogP contribution in [0.4, 0.5) is 5.69 Å². The van der Waals surface area contributed by atoms with Gasteiger partial charge in [-0.15, -0.1) is 0 Å². The van der Waals surface area contributed by atoms with Gasteiger partial charge in [-0.2, -0.15) is 0 Å². The van der Waals surface area contributed by atoms with Crippen LogP contribution in [0.2, 0.25) is 0 Å². The highest BCUT2D eigenvalue weighted by Crippen LogP contribution is 2.34. The summed E-state index contributed by atoms with van der Waals surface area (Å²) < 4.78 is 0. The molecule has 1 saturated carbocycles. The van der Waals surface area contributed by atoms with Crippen molar-refractivity contribution in [2.24, 2.45) is 5.73 Å². The second kappa shape index (κ2) is 3.35. The molecular weight excluding hydrogens is 188 g/mol. The smallest absolute Gasteiger partial charge is 0.246 e. The van der Waals surface area contributed by atoms with Crippen molar-refractivity contribution < 1.29 is 4.79 Å². The first-order valence-corrected chi connectivity index (χ1v) is 5.17. The van der Waals surface area contributed by atoms with Crippen molar-refractivity contribution in [3.8, 4) is 0 Å². The summed E-state index contributed by atoms with van der Waals surface area (Å²) in [6.45, 7) is 2.02. The van der Waals surface area contributed by atoms with E-state index >= 15 is 0 Å². The Hall–Kier alpha value is -1.35. The molecule has 1 aliphatic rings. The maximum Gasteiger partial charge on any atom is 0.246 e. The molecule has 0 heterocycles. The van der Waals surface area contributed by atoms with Crippen LogP contribution in [0.25, 0.3) is 0 Å². The molecule has 0 spiro atoms. The first-order chi connectivity index (χ1) is 7.03. The van der Waals surface area contributed by atoms with Gasteiger partial charge in [0.1, 0.15) is 0 Å². The standard InChI is InChI=1S/C12H16N2O/c1-9-3-5-10(6-4-9)14(2)11(15)12(13)7-8-12/h3-6H,7-8,13H2,1-2H3. The third-order valence-electron chi connectivity index (χ3n) is 2.94. The number of rotatable bonds is 2. The molecule has 3 heteroatoms. The second-order valence-corrected chi connectivity index (χ2v) is 4.36. The van der Waals surface area contributed by atoms with Crippen LogP contribution in [-0.4, -0.2) is 18.5 Å². The molecule has 0 unspecified atom stereocenters. The number of amides is 1. The van der Waals surface area contributed by atoms with Gasteiger partial charge in [-0.05, 0) is 31.9 Å². The van der Waals surface area contributed by atoms with E-state index in [1.54, 1.807) is 11.9 Å². The van der Waals surface area contributed by atoms with E-state index in [4.69, 9.17) is 5.73 Å². The van der Waals surface area contributed by atoms with E-state index in [-0.39, 0.29) is 5.91 Å². The zero-order valence-electron chi connectivity index (χ0n) is 9.16. The third-order valence-corrected chi connectivity index (χ3v) is 2.94. The van der Waals surface area contributed by atoms with Gasteiger partial charge in [0, 0.05) is 12.7 Å². The summed E-state index contributed by atoms with van der Waals surface area (Å²) in [5.74, 6) is 0.0198. The predicted molar refractivity (Wildman–Crippen MR) is 60.7 cm³/mol. The second-order valence-electron chi connectivity index (χ2n) is 4.36. The zero-order chi connectivity index (χ0) is 11.1. The van der Waals surface area contributed by atoms with E-state index in [1.165, 1.54) is 5.56 Å². The molecular formula is C12H16N2O. The predicted octanol–water partition coefficient (Wildman–Crippen LogP) is 1.45. The van der Waals surface area contributed by atoms with Gasteiger partial charge in [0.05, 0.1) is 5.54 Å². The number of likely N-dealkylation sites (N-methyl/N-ethyl adjacent to an activating group) is 1. The van der Waals surface area contributed by atoms with Gasteiger partial charge in [0.15, 0.2) is 0 Å². The lowest BCUT2D eigenvalue weighted by Gasteiger charge is -2.21. The van der Waals surface area contributed by atoms with Gasteiger partial charge in [0.25, 0.3) is 0 Å². The highest BCUT2D eigenvalue weighted by molar-refractivity contribution is 6.01. The van der Waals surface area contributed by atoms with E-state index < -0.39 is 5.54 Å².